The van der Waals surface area contributed by atoms with Crippen molar-refractivity contribution >= 4 is 5.69 Å². The van der Waals surface area contributed by atoms with Crippen LogP contribution in [0.5, 0.6) is 0 Å². The van der Waals surface area contributed by atoms with Gasteiger partial charge in [0, 0.05) is 44.0 Å². The van der Waals surface area contributed by atoms with Gasteiger partial charge in [-0.2, -0.15) is 0 Å². The van der Waals surface area contributed by atoms with Gasteiger partial charge in [-0.1, -0.05) is 12.1 Å². The van der Waals surface area contributed by atoms with Crippen LogP contribution in [-0.2, 0) is 0 Å². The maximum absolute atomic E-state index is 2.70. The fourth-order valence-electron chi connectivity index (χ4n) is 4.16. The smallest absolute Gasteiger partial charge is 0.0369 e. The summed E-state index contributed by atoms with van der Waals surface area (Å²) in [7, 11) is 0. The molecule has 0 aliphatic carbocycles. The lowest BCUT2D eigenvalue weighted by atomic mass is 9.92. The van der Waals surface area contributed by atoms with Gasteiger partial charge >= 0.3 is 0 Å². The number of hydrogen-bond donors (Lipinski definition) is 0. The number of rotatable bonds is 3. The van der Waals surface area contributed by atoms with Crippen LogP contribution < -0.4 is 4.90 Å². The van der Waals surface area contributed by atoms with E-state index in [2.05, 4.69) is 66.7 Å². The van der Waals surface area contributed by atoms with Gasteiger partial charge < -0.3 is 4.90 Å². The van der Waals surface area contributed by atoms with Gasteiger partial charge in [-0.3, -0.25) is 9.80 Å². The Morgan fingerprint density at radius 3 is 2.21 bits per heavy atom. The Labute approximate surface area is 148 Å². The predicted octanol–water partition coefficient (Wildman–Crippen LogP) is 3.63. The van der Waals surface area contributed by atoms with E-state index in [0.717, 1.165) is 5.92 Å². The van der Waals surface area contributed by atoms with Crippen LogP contribution in [0.25, 0.3) is 0 Å². The molecule has 2 aliphatic heterocycles. The summed E-state index contributed by atoms with van der Waals surface area (Å²) in [6.07, 6.45) is 2.74. The van der Waals surface area contributed by atoms with Crippen LogP contribution in [0.3, 0.4) is 0 Å². The van der Waals surface area contributed by atoms with Crippen LogP contribution in [0.2, 0.25) is 0 Å². The van der Waals surface area contributed by atoms with Crippen molar-refractivity contribution in [1.82, 2.24) is 9.80 Å². The molecule has 3 rings (SSSR count). The van der Waals surface area contributed by atoms with E-state index >= 15 is 0 Å². The zero-order chi connectivity index (χ0) is 17.2. The van der Waals surface area contributed by atoms with Crippen molar-refractivity contribution in [2.45, 2.75) is 46.1 Å². The third-order valence-electron chi connectivity index (χ3n) is 5.82. The molecule has 0 atom stereocenters. The lowest BCUT2D eigenvalue weighted by Crippen LogP contribution is -2.50. The second-order valence-corrected chi connectivity index (χ2v) is 8.73. The minimum atomic E-state index is 0.338. The third kappa shape index (κ3) is 4.52. The molecule has 1 aromatic rings. The van der Waals surface area contributed by atoms with Crippen molar-refractivity contribution in [2.75, 3.05) is 50.7 Å². The zero-order valence-electron chi connectivity index (χ0n) is 16.1. The van der Waals surface area contributed by atoms with Crippen molar-refractivity contribution in [2.24, 2.45) is 5.92 Å². The highest BCUT2D eigenvalue weighted by molar-refractivity contribution is 5.48. The number of piperazine rings is 1. The molecule has 3 nitrogen and oxygen atoms in total. The quantitative estimate of drug-likeness (QED) is 0.838. The SMILES string of the molecule is Cc1cccc(N2CCN(CC3CCN(C(C)(C)C)CC3)CC2)c1. The van der Waals surface area contributed by atoms with Crippen molar-refractivity contribution in [3.63, 3.8) is 0 Å². The summed E-state index contributed by atoms with van der Waals surface area (Å²) in [4.78, 5) is 7.90. The van der Waals surface area contributed by atoms with E-state index in [1.807, 2.05) is 0 Å². The largest absolute Gasteiger partial charge is 0.369 e. The molecule has 0 radical (unpaired) electrons. The first-order chi connectivity index (χ1) is 11.4. The summed E-state index contributed by atoms with van der Waals surface area (Å²) in [5, 5.41) is 0. The number of nitrogens with zero attached hydrogens (tertiary/aromatic N) is 3. The highest BCUT2D eigenvalue weighted by Gasteiger charge is 2.28. The molecule has 2 saturated heterocycles. The minimum Gasteiger partial charge on any atom is -0.369 e. The zero-order valence-corrected chi connectivity index (χ0v) is 16.1. The molecule has 2 fully saturated rings. The molecule has 2 heterocycles. The van der Waals surface area contributed by atoms with Crippen LogP contribution >= 0.6 is 0 Å². The third-order valence-corrected chi connectivity index (χ3v) is 5.82. The fourth-order valence-corrected chi connectivity index (χ4v) is 4.16. The number of anilines is 1. The lowest BCUT2D eigenvalue weighted by Gasteiger charge is -2.43. The van der Waals surface area contributed by atoms with Crippen LogP contribution in [-0.4, -0.2) is 61.2 Å². The maximum atomic E-state index is 2.70. The molecule has 0 unspecified atom stereocenters. The Kier molecular flexibility index (Phi) is 5.51. The molecule has 0 N–H and O–H groups in total. The summed E-state index contributed by atoms with van der Waals surface area (Å²) in [5.74, 6) is 0.897. The number of likely N-dealkylation sites (tertiary alicyclic amines) is 1. The Morgan fingerprint density at radius 1 is 0.958 bits per heavy atom. The second kappa shape index (κ2) is 7.45. The van der Waals surface area contributed by atoms with Crippen molar-refractivity contribution in [3.8, 4) is 0 Å². The molecule has 0 aromatic heterocycles. The molecule has 0 bridgehead atoms. The molecule has 3 heteroatoms. The highest BCUT2D eigenvalue weighted by atomic mass is 15.3. The lowest BCUT2D eigenvalue weighted by molar-refractivity contribution is 0.0735. The van der Waals surface area contributed by atoms with Crippen molar-refractivity contribution < 1.29 is 0 Å². The van der Waals surface area contributed by atoms with Gasteiger partial charge in [0.2, 0.25) is 0 Å². The first-order valence-corrected chi connectivity index (χ1v) is 9.71. The number of piperidine rings is 1. The minimum absolute atomic E-state index is 0.338. The summed E-state index contributed by atoms with van der Waals surface area (Å²) < 4.78 is 0. The molecular weight excluding hydrogens is 294 g/mol. The average Bonchev–Trinajstić information content (AvgIpc) is 2.55. The van der Waals surface area contributed by atoms with E-state index in [4.69, 9.17) is 0 Å². The monoisotopic (exact) mass is 329 g/mol. The van der Waals surface area contributed by atoms with Gasteiger partial charge in [-0.05, 0) is 77.2 Å². The summed E-state index contributed by atoms with van der Waals surface area (Å²) in [6, 6.07) is 8.94. The van der Waals surface area contributed by atoms with Crippen LogP contribution in [0.15, 0.2) is 24.3 Å². The van der Waals surface area contributed by atoms with E-state index in [1.54, 1.807) is 0 Å². The van der Waals surface area contributed by atoms with Crippen molar-refractivity contribution in [3.05, 3.63) is 29.8 Å². The average molecular weight is 330 g/mol. The van der Waals surface area contributed by atoms with Crippen LogP contribution in [0, 0.1) is 12.8 Å². The number of hydrogen-bond acceptors (Lipinski definition) is 3. The van der Waals surface area contributed by atoms with E-state index in [-0.39, 0.29) is 0 Å². The number of benzene rings is 1. The Hall–Kier alpha value is -1.06. The van der Waals surface area contributed by atoms with E-state index in [0.29, 0.717) is 5.54 Å². The second-order valence-electron chi connectivity index (χ2n) is 8.73. The Balaban J connectivity index is 1.43. The summed E-state index contributed by atoms with van der Waals surface area (Å²) >= 11 is 0. The summed E-state index contributed by atoms with van der Waals surface area (Å²) in [6.45, 7) is 17.8. The molecule has 24 heavy (non-hydrogen) atoms. The first kappa shape index (κ1) is 17.8. The van der Waals surface area contributed by atoms with Crippen LogP contribution in [0.1, 0.15) is 39.2 Å². The standard InChI is InChI=1S/C21H35N3/c1-18-6-5-7-20(16-18)23-14-12-22(13-15-23)17-19-8-10-24(11-9-19)21(2,3)4/h5-7,16,19H,8-15,17H2,1-4H3. The van der Waals surface area contributed by atoms with Crippen molar-refractivity contribution in [1.29, 1.82) is 0 Å². The van der Waals surface area contributed by atoms with Gasteiger partial charge in [-0.25, -0.2) is 0 Å². The predicted molar refractivity (Wildman–Crippen MR) is 104 cm³/mol. The molecule has 0 saturated carbocycles. The first-order valence-electron chi connectivity index (χ1n) is 9.71. The molecule has 2 aliphatic rings. The molecule has 0 spiro atoms. The molecule has 0 amide bonds. The van der Waals surface area contributed by atoms with Gasteiger partial charge in [0.15, 0.2) is 0 Å². The highest BCUT2D eigenvalue weighted by Crippen LogP contribution is 2.25. The number of aryl methyl sites for hydroxylation is 1. The summed E-state index contributed by atoms with van der Waals surface area (Å²) in [5.41, 5.74) is 3.10. The van der Waals surface area contributed by atoms with Gasteiger partial charge in [0.25, 0.3) is 0 Å². The molecule has 1 aromatic carbocycles. The maximum Gasteiger partial charge on any atom is 0.0369 e. The Morgan fingerprint density at radius 2 is 1.62 bits per heavy atom. The van der Waals surface area contributed by atoms with E-state index < -0.39 is 0 Å². The van der Waals surface area contributed by atoms with Gasteiger partial charge in [0.05, 0.1) is 0 Å². The fraction of sp³-hybridized carbons (Fsp3) is 0.714. The topological polar surface area (TPSA) is 9.72 Å². The molecular formula is C21H35N3. The normalized spacial score (nSPS) is 22.1. The van der Waals surface area contributed by atoms with Crippen LogP contribution in [0.4, 0.5) is 5.69 Å². The Bertz CT molecular complexity index is 518. The molecule has 134 valence electrons. The van der Waals surface area contributed by atoms with E-state index in [9.17, 15) is 0 Å². The van der Waals surface area contributed by atoms with Gasteiger partial charge in [-0.15, -0.1) is 0 Å². The van der Waals surface area contributed by atoms with E-state index in [1.165, 1.54) is 69.9 Å². The van der Waals surface area contributed by atoms with Gasteiger partial charge in [0.1, 0.15) is 0 Å².